The first kappa shape index (κ1) is 12.2. The largest absolute Gasteiger partial charge is 0.478 e. The first-order valence-electron chi connectivity index (χ1n) is 4.04. The molecular weight excluding hydrogens is 234 g/mol. The highest BCUT2D eigenvalue weighted by atomic mass is 79.9. The fourth-order valence-corrected chi connectivity index (χ4v) is 1.26. The van der Waals surface area contributed by atoms with Crippen LogP contribution in [0, 0.1) is 0 Å². The smallest absolute Gasteiger partial charge is 0.335 e. The highest BCUT2D eigenvalue weighted by molar-refractivity contribution is 8.93. The third-order valence-corrected chi connectivity index (χ3v) is 2.00. The quantitative estimate of drug-likeness (QED) is 0.810. The van der Waals surface area contributed by atoms with Gasteiger partial charge in [0.2, 0.25) is 0 Å². The summed E-state index contributed by atoms with van der Waals surface area (Å²) < 4.78 is 0. The first-order chi connectivity index (χ1) is 5.65. The van der Waals surface area contributed by atoms with E-state index in [0.717, 1.165) is 6.54 Å². The van der Waals surface area contributed by atoms with Crippen LogP contribution in [0.2, 0.25) is 0 Å². The summed E-state index contributed by atoms with van der Waals surface area (Å²) in [6.45, 7) is 4.93. The summed E-state index contributed by atoms with van der Waals surface area (Å²) in [5, 5.41) is 8.68. The third kappa shape index (κ3) is 2.88. The minimum Gasteiger partial charge on any atom is -0.478 e. The summed E-state index contributed by atoms with van der Waals surface area (Å²) in [6, 6.07) is 0.186. The van der Waals surface area contributed by atoms with E-state index in [2.05, 4.69) is 4.90 Å². The number of nitrogens with zero attached hydrogens (tertiary/aromatic N) is 1. The molecule has 0 saturated heterocycles. The van der Waals surface area contributed by atoms with Crippen molar-refractivity contribution in [3.63, 3.8) is 0 Å². The summed E-state index contributed by atoms with van der Waals surface area (Å²) in [7, 11) is 0. The number of aliphatic carboxylic acids is 1. The molecule has 1 heterocycles. The van der Waals surface area contributed by atoms with Gasteiger partial charge in [0.05, 0.1) is 5.57 Å². The monoisotopic (exact) mass is 247 g/mol. The van der Waals surface area contributed by atoms with Crippen LogP contribution in [0.3, 0.4) is 0 Å². The average Bonchev–Trinajstić information content (AvgIpc) is 2.04. The van der Waals surface area contributed by atoms with Gasteiger partial charge >= 0.3 is 5.97 Å². The number of carbonyl (C=O) groups is 1. The third-order valence-electron chi connectivity index (χ3n) is 2.00. The van der Waals surface area contributed by atoms with Gasteiger partial charge in [-0.05, 0) is 26.0 Å². The van der Waals surface area contributed by atoms with Crippen molar-refractivity contribution in [1.82, 2.24) is 4.90 Å². The minimum absolute atomic E-state index is 0. The number of carboxylic acids is 1. The van der Waals surface area contributed by atoms with E-state index in [9.17, 15) is 4.79 Å². The van der Waals surface area contributed by atoms with E-state index < -0.39 is 5.97 Å². The van der Waals surface area contributed by atoms with Crippen LogP contribution in [-0.2, 0) is 4.79 Å². The van der Waals surface area contributed by atoms with Gasteiger partial charge < -0.3 is 10.0 Å². The van der Waals surface area contributed by atoms with Crippen LogP contribution in [0.4, 0.5) is 0 Å². The molecule has 1 unspecified atom stereocenters. The number of likely N-dealkylation sites (N-methyl/N-ethyl adjacent to an activating group) is 1. The lowest BCUT2D eigenvalue weighted by Crippen LogP contribution is -2.29. The maximum Gasteiger partial charge on any atom is 0.335 e. The van der Waals surface area contributed by atoms with Gasteiger partial charge in [0, 0.05) is 18.8 Å². The molecule has 0 spiro atoms. The fourth-order valence-electron chi connectivity index (χ4n) is 1.26. The number of halogens is 1. The fraction of sp³-hybridized carbons (Fsp3) is 0.444. The number of carboxylic acid groups (broad SMARTS) is 1. The molecule has 0 bridgehead atoms. The normalized spacial score (nSPS) is 20.6. The van der Waals surface area contributed by atoms with Gasteiger partial charge in [0.1, 0.15) is 0 Å². The second kappa shape index (κ2) is 5.07. The maximum atomic E-state index is 10.6. The topological polar surface area (TPSA) is 40.5 Å². The molecule has 0 amide bonds. The van der Waals surface area contributed by atoms with Crippen LogP contribution >= 0.6 is 17.0 Å². The minimum atomic E-state index is -0.853. The van der Waals surface area contributed by atoms with Crippen LogP contribution in [-0.4, -0.2) is 28.6 Å². The van der Waals surface area contributed by atoms with Crippen molar-refractivity contribution in [3.8, 4) is 0 Å². The molecule has 4 heteroatoms. The predicted molar refractivity (Wildman–Crippen MR) is 57.0 cm³/mol. The summed E-state index contributed by atoms with van der Waals surface area (Å²) in [6.07, 6.45) is 5.21. The maximum absolute atomic E-state index is 10.6. The molecule has 1 aliphatic heterocycles. The van der Waals surface area contributed by atoms with Crippen LogP contribution in [0.25, 0.3) is 0 Å². The summed E-state index contributed by atoms with van der Waals surface area (Å²) >= 11 is 0. The molecule has 1 rings (SSSR count). The van der Waals surface area contributed by atoms with Gasteiger partial charge in [-0.3, -0.25) is 0 Å². The second-order valence-corrected chi connectivity index (χ2v) is 2.81. The molecule has 0 radical (unpaired) electrons. The zero-order valence-electron chi connectivity index (χ0n) is 7.73. The molecule has 1 N–H and O–H groups in total. The van der Waals surface area contributed by atoms with E-state index in [1.165, 1.54) is 0 Å². The molecule has 13 heavy (non-hydrogen) atoms. The zero-order valence-corrected chi connectivity index (χ0v) is 9.44. The van der Waals surface area contributed by atoms with E-state index in [1.807, 2.05) is 20.0 Å². The molecule has 1 atom stereocenters. The number of rotatable bonds is 2. The Morgan fingerprint density at radius 2 is 2.31 bits per heavy atom. The van der Waals surface area contributed by atoms with Gasteiger partial charge in [-0.25, -0.2) is 4.79 Å². The van der Waals surface area contributed by atoms with Crippen LogP contribution in [0.15, 0.2) is 23.9 Å². The van der Waals surface area contributed by atoms with Crippen LogP contribution in [0.1, 0.15) is 13.8 Å². The molecular formula is C9H14BrNO2. The van der Waals surface area contributed by atoms with Crippen LogP contribution < -0.4 is 0 Å². The first-order valence-corrected chi connectivity index (χ1v) is 4.04. The Morgan fingerprint density at radius 1 is 1.69 bits per heavy atom. The van der Waals surface area contributed by atoms with Gasteiger partial charge in [-0.1, -0.05) is 0 Å². The lowest BCUT2D eigenvalue weighted by molar-refractivity contribution is -0.132. The molecule has 0 aliphatic carbocycles. The number of hydrogen-bond acceptors (Lipinski definition) is 2. The molecule has 0 fully saturated rings. The van der Waals surface area contributed by atoms with E-state index in [-0.39, 0.29) is 23.0 Å². The highest BCUT2D eigenvalue weighted by Crippen LogP contribution is 2.12. The Hall–Kier alpha value is -0.770. The molecule has 74 valence electrons. The van der Waals surface area contributed by atoms with Crippen molar-refractivity contribution < 1.29 is 9.90 Å². The van der Waals surface area contributed by atoms with Crippen molar-refractivity contribution in [3.05, 3.63) is 23.9 Å². The molecule has 0 saturated carbocycles. The lowest BCUT2D eigenvalue weighted by atomic mass is 10.1. The summed E-state index contributed by atoms with van der Waals surface area (Å²) in [5.41, 5.74) is 0.382. The Bertz CT molecular complexity index is 248. The SMILES string of the molecule is Br.CCN1C=CC(C(=O)O)=CC1C. The number of hydrogen-bond donors (Lipinski definition) is 1. The Balaban J connectivity index is 0.00000144. The summed E-state index contributed by atoms with van der Waals surface area (Å²) in [5.74, 6) is -0.853. The lowest BCUT2D eigenvalue weighted by Gasteiger charge is -2.26. The Labute approximate surface area is 88.5 Å². The predicted octanol–water partition coefficient (Wildman–Crippen LogP) is 1.81. The Kier molecular flexibility index (Phi) is 4.77. The molecule has 0 aromatic carbocycles. The van der Waals surface area contributed by atoms with E-state index in [4.69, 9.17) is 5.11 Å². The van der Waals surface area contributed by atoms with Crippen molar-refractivity contribution in [2.24, 2.45) is 0 Å². The standard InChI is InChI=1S/C9H13NO2.BrH/c1-3-10-5-4-8(9(11)12)6-7(10)2;/h4-7H,3H2,1-2H3,(H,11,12);1H. The van der Waals surface area contributed by atoms with Gasteiger partial charge in [0.25, 0.3) is 0 Å². The van der Waals surface area contributed by atoms with Gasteiger partial charge in [0.15, 0.2) is 0 Å². The van der Waals surface area contributed by atoms with E-state index in [0.29, 0.717) is 5.57 Å². The van der Waals surface area contributed by atoms with Crippen molar-refractivity contribution in [2.45, 2.75) is 19.9 Å². The van der Waals surface area contributed by atoms with Crippen molar-refractivity contribution in [2.75, 3.05) is 6.54 Å². The second-order valence-electron chi connectivity index (χ2n) is 2.81. The van der Waals surface area contributed by atoms with Gasteiger partial charge in [-0.2, -0.15) is 0 Å². The van der Waals surface area contributed by atoms with Crippen molar-refractivity contribution >= 4 is 23.0 Å². The van der Waals surface area contributed by atoms with E-state index >= 15 is 0 Å². The zero-order chi connectivity index (χ0) is 9.14. The molecule has 1 aliphatic rings. The highest BCUT2D eigenvalue weighted by Gasteiger charge is 2.14. The molecule has 3 nitrogen and oxygen atoms in total. The van der Waals surface area contributed by atoms with Gasteiger partial charge in [-0.15, -0.1) is 17.0 Å². The summed E-state index contributed by atoms with van der Waals surface area (Å²) in [4.78, 5) is 12.6. The molecule has 0 aromatic heterocycles. The average molecular weight is 248 g/mol. The van der Waals surface area contributed by atoms with E-state index in [1.54, 1.807) is 12.2 Å². The molecule has 0 aromatic rings. The van der Waals surface area contributed by atoms with Crippen LogP contribution in [0.5, 0.6) is 0 Å². The Morgan fingerprint density at radius 3 is 2.69 bits per heavy atom. The van der Waals surface area contributed by atoms with Crippen molar-refractivity contribution in [1.29, 1.82) is 0 Å².